The first-order valence-corrected chi connectivity index (χ1v) is 6.88. The van der Waals surface area contributed by atoms with Crippen LogP contribution >= 0.6 is 27.7 Å². The highest BCUT2D eigenvalue weighted by Gasteiger charge is 2.26. The Balaban J connectivity index is 2.50. The molecule has 1 aliphatic rings. The van der Waals surface area contributed by atoms with E-state index < -0.39 is 0 Å². The van der Waals surface area contributed by atoms with Gasteiger partial charge in [0.05, 0.1) is 5.75 Å². The van der Waals surface area contributed by atoms with E-state index in [0.717, 1.165) is 13.0 Å². The van der Waals surface area contributed by atoms with E-state index in [9.17, 15) is 4.79 Å². The summed E-state index contributed by atoms with van der Waals surface area (Å²) in [6, 6.07) is 0.424. The molecule has 0 N–H and O–H groups in total. The normalized spacial score (nSPS) is 29.0. The number of carbonyl (C=O) groups is 1. The Morgan fingerprint density at radius 2 is 2.31 bits per heavy atom. The van der Waals surface area contributed by atoms with Gasteiger partial charge in [0, 0.05) is 17.4 Å². The van der Waals surface area contributed by atoms with Crippen LogP contribution in [0.15, 0.2) is 0 Å². The number of piperidine rings is 1. The number of thioether (sulfide) groups is 1. The Morgan fingerprint density at radius 1 is 1.62 bits per heavy atom. The molecule has 4 heteroatoms. The summed E-state index contributed by atoms with van der Waals surface area (Å²) in [6.45, 7) is 3.01. The second-order valence-corrected chi connectivity index (χ2v) is 5.66. The Hall–Kier alpha value is 0.300. The number of hydrogen-bond acceptors (Lipinski definition) is 2. The Labute approximate surface area is 92.6 Å². The number of likely N-dealkylation sites (tertiary alicyclic amines) is 1. The van der Waals surface area contributed by atoms with Crippen molar-refractivity contribution in [3.05, 3.63) is 0 Å². The van der Waals surface area contributed by atoms with Gasteiger partial charge in [-0.15, -0.1) is 0 Å². The lowest BCUT2D eigenvalue weighted by atomic mass is 10.0. The Kier molecular flexibility index (Phi) is 4.59. The maximum Gasteiger partial charge on any atom is 0.232 e. The molecule has 2 nitrogen and oxygen atoms in total. The minimum Gasteiger partial charge on any atom is -0.338 e. The van der Waals surface area contributed by atoms with Crippen molar-refractivity contribution in [2.24, 2.45) is 0 Å². The zero-order chi connectivity index (χ0) is 9.84. The third-order valence-corrected chi connectivity index (χ3v) is 3.70. The van der Waals surface area contributed by atoms with Crippen molar-refractivity contribution >= 4 is 33.6 Å². The van der Waals surface area contributed by atoms with Gasteiger partial charge in [-0.05, 0) is 26.0 Å². The minimum absolute atomic E-state index is 0.282. The molecule has 0 saturated carbocycles. The average molecular weight is 266 g/mol. The average Bonchev–Trinajstić information content (AvgIpc) is 2.09. The molecule has 2 atom stereocenters. The monoisotopic (exact) mass is 265 g/mol. The molecular weight excluding hydrogens is 250 g/mol. The van der Waals surface area contributed by atoms with Crippen LogP contribution in [0.1, 0.15) is 19.8 Å². The van der Waals surface area contributed by atoms with Crippen LogP contribution < -0.4 is 0 Å². The van der Waals surface area contributed by atoms with Crippen molar-refractivity contribution in [2.75, 3.05) is 18.6 Å². The molecule has 2 unspecified atom stereocenters. The van der Waals surface area contributed by atoms with E-state index in [4.69, 9.17) is 0 Å². The summed E-state index contributed by atoms with van der Waals surface area (Å²) >= 11 is 5.18. The lowest BCUT2D eigenvalue weighted by molar-refractivity contribution is -0.131. The van der Waals surface area contributed by atoms with Gasteiger partial charge in [0.15, 0.2) is 0 Å². The van der Waals surface area contributed by atoms with Gasteiger partial charge < -0.3 is 4.90 Å². The molecule has 0 bridgehead atoms. The van der Waals surface area contributed by atoms with Gasteiger partial charge in [-0.25, -0.2) is 0 Å². The smallest absolute Gasteiger partial charge is 0.232 e. The summed E-state index contributed by atoms with van der Waals surface area (Å²) in [5.41, 5.74) is 0. The summed E-state index contributed by atoms with van der Waals surface area (Å²) < 4.78 is 0. The summed E-state index contributed by atoms with van der Waals surface area (Å²) in [5, 5.41) is 0. The quantitative estimate of drug-likeness (QED) is 0.714. The fraction of sp³-hybridized carbons (Fsp3) is 0.889. The lowest BCUT2D eigenvalue weighted by Crippen LogP contribution is -2.46. The van der Waals surface area contributed by atoms with E-state index >= 15 is 0 Å². The van der Waals surface area contributed by atoms with Gasteiger partial charge in [-0.3, -0.25) is 4.79 Å². The van der Waals surface area contributed by atoms with Crippen molar-refractivity contribution in [3.63, 3.8) is 0 Å². The molecule has 1 rings (SSSR count). The predicted molar refractivity (Wildman–Crippen MR) is 61.5 cm³/mol. The van der Waals surface area contributed by atoms with Gasteiger partial charge >= 0.3 is 0 Å². The maximum atomic E-state index is 11.6. The molecule has 1 aliphatic heterocycles. The standard InChI is InChI=1S/C9H16BrNOS/c1-7-3-4-8(10)5-11(7)9(12)6-13-2/h7-8H,3-6H2,1-2H3. The lowest BCUT2D eigenvalue weighted by Gasteiger charge is -2.36. The number of rotatable bonds is 2. The van der Waals surface area contributed by atoms with Crippen molar-refractivity contribution in [3.8, 4) is 0 Å². The molecule has 1 amide bonds. The molecule has 0 aromatic heterocycles. The molecule has 76 valence electrons. The Bertz CT molecular complexity index is 188. The van der Waals surface area contributed by atoms with Crippen LogP contribution in [-0.4, -0.2) is 40.2 Å². The largest absolute Gasteiger partial charge is 0.338 e. The molecule has 1 saturated heterocycles. The molecule has 0 aliphatic carbocycles. The zero-order valence-corrected chi connectivity index (χ0v) is 10.5. The second kappa shape index (κ2) is 5.25. The molecule has 1 heterocycles. The fourth-order valence-electron chi connectivity index (χ4n) is 1.62. The summed E-state index contributed by atoms with van der Waals surface area (Å²) in [4.78, 5) is 14.1. The number of nitrogens with zero attached hydrogens (tertiary/aromatic N) is 1. The van der Waals surface area contributed by atoms with E-state index in [1.165, 1.54) is 6.42 Å². The molecule has 0 aromatic carbocycles. The first kappa shape index (κ1) is 11.4. The molecule has 1 fully saturated rings. The van der Waals surface area contributed by atoms with Crippen molar-refractivity contribution in [1.29, 1.82) is 0 Å². The van der Waals surface area contributed by atoms with Gasteiger partial charge in [0.1, 0.15) is 0 Å². The maximum absolute atomic E-state index is 11.6. The third-order valence-electron chi connectivity index (χ3n) is 2.41. The zero-order valence-electron chi connectivity index (χ0n) is 8.12. The van der Waals surface area contributed by atoms with Crippen LogP contribution in [0.2, 0.25) is 0 Å². The highest BCUT2D eigenvalue weighted by molar-refractivity contribution is 9.09. The highest BCUT2D eigenvalue weighted by Crippen LogP contribution is 2.22. The molecule has 0 aromatic rings. The molecule has 13 heavy (non-hydrogen) atoms. The van der Waals surface area contributed by atoms with E-state index in [2.05, 4.69) is 22.9 Å². The first-order chi connectivity index (χ1) is 6.15. The molecule has 0 spiro atoms. The van der Waals surface area contributed by atoms with Crippen LogP contribution in [0.3, 0.4) is 0 Å². The van der Waals surface area contributed by atoms with Crippen LogP contribution in [0.4, 0.5) is 0 Å². The van der Waals surface area contributed by atoms with Crippen molar-refractivity contribution in [1.82, 2.24) is 4.90 Å². The number of halogens is 1. The minimum atomic E-state index is 0.282. The number of hydrogen-bond donors (Lipinski definition) is 0. The van der Waals surface area contributed by atoms with Crippen molar-refractivity contribution in [2.45, 2.75) is 30.6 Å². The SMILES string of the molecule is CSCC(=O)N1CC(Br)CCC1C. The molecular formula is C9H16BrNOS. The van der Waals surface area contributed by atoms with E-state index in [1.807, 2.05) is 11.2 Å². The van der Waals surface area contributed by atoms with Crippen LogP contribution in [0.25, 0.3) is 0 Å². The van der Waals surface area contributed by atoms with Crippen LogP contribution in [0.5, 0.6) is 0 Å². The summed E-state index contributed by atoms with van der Waals surface area (Å²) in [7, 11) is 0. The Morgan fingerprint density at radius 3 is 2.92 bits per heavy atom. The highest BCUT2D eigenvalue weighted by atomic mass is 79.9. The van der Waals surface area contributed by atoms with E-state index in [0.29, 0.717) is 16.6 Å². The van der Waals surface area contributed by atoms with E-state index in [1.54, 1.807) is 11.8 Å². The fourth-order valence-corrected chi connectivity index (χ4v) is 2.61. The second-order valence-electron chi connectivity index (χ2n) is 3.50. The van der Waals surface area contributed by atoms with E-state index in [-0.39, 0.29) is 5.91 Å². The van der Waals surface area contributed by atoms with Crippen LogP contribution in [-0.2, 0) is 4.79 Å². The van der Waals surface area contributed by atoms with Gasteiger partial charge in [-0.2, -0.15) is 11.8 Å². The van der Waals surface area contributed by atoms with Gasteiger partial charge in [-0.1, -0.05) is 15.9 Å². The summed E-state index contributed by atoms with van der Waals surface area (Å²) in [6.07, 6.45) is 4.28. The summed E-state index contributed by atoms with van der Waals surface area (Å²) in [5.74, 6) is 0.897. The molecule has 0 radical (unpaired) electrons. The third kappa shape index (κ3) is 3.17. The first-order valence-electron chi connectivity index (χ1n) is 4.57. The van der Waals surface area contributed by atoms with Crippen molar-refractivity contribution < 1.29 is 4.79 Å². The number of alkyl halides is 1. The number of amides is 1. The predicted octanol–water partition coefficient (Wildman–Crippen LogP) is 2.12. The van der Waals surface area contributed by atoms with Gasteiger partial charge in [0.2, 0.25) is 5.91 Å². The number of carbonyl (C=O) groups excluding carboxylic acids is 1. The van der Waals surface area contributed by atoms with Gasteiger partial charge in [0.25, 0.3) is 0 Å². The van der Waals surface area contributed by atoms with Crippen LogP contribution in [0, 0.1) is 0 Å². The topological polar surface area (TPSA) is 20.3 Å².